The van der Waals surface area contributed by atoms with E-state index in [0.717, 1.165) is 53.8 Å². The van der Waals surface area contributed by atoms with Gasteiger partial charge in [0.05, 0.1) is 23.6 Å². The van der Waals surface area contributed by atoms with Gasteiger partial charge < -0.3 is 9.47 Å². The molecule has 6 nitrogen and oxygen atoms in total. The van der Waals surface area contributed by atoms with E-state index < -0.39 is 0 Å². The normalized spacial score (nSPS) is 17.7. The second-order valence-corrected chi connectivity index (χ2v) is 9.88. The number of amides is 1. The third kappa shape index (κ3) is 4.30. The number of imidazole rings is 1. The van der Waals surface area contributed by atoms with Crippen LogP contribution in [0.5, 0.6) is 0 Å². The molecule has 1 saturated heterocycles. The minimum absolute atomic E-state index is 0.124. The molecular weight excluding hydrogens is 410 g/mol. The largest absolute Gasteiger partial charge is 0.337 e. The third-order valence-corrected chi connectivity index (χ3v) is 6.95. The summed E-state index contributed by atoms with van der Waals surface area (Å²) in [6.45, 7) is 8.08. The zero-order valence-corrected chi connectivity index (χ0v) is 19.6. The van der Waals surface area contributed by atoms with Crippen molar-refractivity contribution in [1.82, 2.24) is 24.6 Å². The van der Waals surface area contributed by atoms with Crippen LogP contribution in [0.1, 0.15) is 37.9 Å². The Kier molecular flexibility index (Phi) is 5.52. The quantitative estimate of drug-likeness (QED) is 0.458. The van der Waals surface area contributed by atoms with Gasteiger partial charge in [0.15, 0.2) is 0 Å². The monoisotopic (exact) mass is 441 g/mol. The molecule has 0 spiro atoms. The topological polar surface area (TPSA) is 66.8 Å². The summed E-state index contributed by atoms with van der Waals surface area (Å²) in [7, 11) is 0. The maximum absolute atomic E-state index is 13.1. The Morgan fingerprint density at radius 1 is 1.18 bits per heavy atom. The molecule has 4 aromatic rings. The fourth-order valence-electron chi connectivity index (χ4n) is 5.28. The summed E-state index contributed by atoms with van der Waals surface area (Å²) >= 11 is 0. The van der Waals surface area contributed by atoms with Crippen molar-refractivity contribution in [2.45, 2.75) is 52.1 Å². The number of H-pyrrole nitrogens is 1. The van der Waals surface area contributed by atoms with Gasteiger partial charge in [-0.1, -0.05) is 36.4 Å². The molecule has 33 heavy (non-hydrogen) atoms. The van der Waals surface area contributed by atoms with Gasteiger partial charge >= 0.3 is 0 Å². The predicted octanol–water partition coefficient (Wildman–Crippen LogP) is 4.99. The summed E-state index contributed by atoms with van der Waals surface area (Å²) in [5.74, 6) is 0.663. The summed E-state index contributed by atoms with van der Waals surface area (Å²) in [6, 6.07) is 16.7. The van der Waals surface area contributed by atoms with Crippen LogP contribution in [-0.4, -0.2) is 42.6 Å². The average molecular weight is 442 g/mol. The molecule has 3 heterocycles. The van der Waals surface area contributed by atoms with Crippen LogP contribution in [-0.2, 0) is 17.8 Å². The number of fused-ring (bicyclic) bond motifs is 1. The van der Waals surface area contributed by atoms with Gasteiger partial charge in [-0.3, -0.25) is 9.89 Å². The number of hydrogen-bond donors (Lipinski definition) is 1. The highest BCUT2D eigenvalue weighted by Gasteiger charge is 2.40. The van der Waals surface area contributed by atoms with E-state index in [2.05, 4.69) is 68.8 Å². The number of nitrogens with one attached hydrogen (secondary N) is 1. The Morgan fingerprint density at radius 2 is 2.00 bits per heavy atom. The van der Waals surface area contributed by atoms with Crippen LogP contribution in [0.4, 0.5) is 0 Å². The summed E-state index contributed by atoms with van der Waals surface area (Å²) in [6.07, 6.45) is 6.14. The lowest BCUT2D eigenvalue weighted by molar-refractivity contribution is -0.134. The second-order valence-electron chi connectivity index (χ2n) is 9.88. The molecule has 1 fully saturated rings. The van der Waals surface area contributed by atoms with Crippen LogP contribution >= 0.6 is 0 Å². The standard InChI is InChI=1S/C27H31N5O/c1-19-23(15-29-30-19)22-10-11-25-24(13-22)28-18-31(25)16-21-14-27(2,3)32(17-21)26(33)12-9-20-7-5-4-6-8-20/h4-8,10-11,13,15,18,21H,9,12,14,16-17H2,1-3H3,(H,29,30). The second kappa shape index (κ2) is 8.50. The lowest BCUT2D eigenvalue weighted by Crippen LogP contribution is -2.42. The van der Waals surface area contributed by atoms with E-state index in [0.29, 0.717) is 12.3 Å². The van der Waals surface area contributed by atoms with E-state index in [1.165, 1.54) is 5.56 Å². The van der Waals surface area contributed by atoms with Gasteiger partial charge in [-0.2, -0.15) is 5.10 Å². The van der Waals surface area contributed by atoms with E-state index in [9.17, 15) is 4.79 Å². The molecule has 1 aliphatic rings. The molecule has 1 aliphatic heterocycles. The highest BCUT2D eigenvalue weighted by molar-refractivity contribution is 5.82. The van der Waals surface area contributed by atoms with Crippen LogP contribution in [0.3, 0.4) is 0 Å². The number of carbonyl (C=O) groups is 1. The lowest BCUT2D eigenvalue weighted by Gasteiger charge is -2.31. The van der Waals surface area contributed by atoms with Crippen molar-refractivity contribution in [2.75, 3.05) is 6.54 Å². The van der Waals surface area contributed by atoms with Crippen LogP contribution in [0.25, 0.3) is 22.2 Å². The fourth-order valence-corrected chi connectivity index (χ4v) is 5.28. The number of carbonyl (C=O) groups excluding carboxylic acids is 1. The number of rotatable bonds is 6. The number of aromatic nitrogens is 4. The number of benzene rings is 2. The molecule has 2 aromatic carbocycles. The van der Waals surface area contributed by atoms with Crippen LogP contribution in [0, 0.1) is 12.8 Å². The molecule has 0 saturated carbocycles. The minimum atomic E-state index is -0.124. The molecule has 6 heteroatoms. The number of aryl methyl sites for hydroxylation is 2. The highest BCUT2D eigenvalue weighted by atomic mass is 16.2. The van der Waals surface area contributed by atoms with Crippen molar-refractivity contribution in [3.05, 3.63) is 72.3 Å². The molecule has 1 unspecified atom stereocenters. The van der Waals surface area contributed by atoms with Gasteiger partial charge in [-0.05, 0) is 62.8 Å². The van der Waals surface area contributed by atoms with Crippen LogP contribution < -0.4 is 0 Å². The van der Waals surface area contributed by atoms with E-state index in [-0.39, 0.29) is 11.4 Å². The van der Waals surface area contributed by atoms with Crippen molar-refractivity contribution in [1.29, 1.82) is 0 Å². The van der Waals surface area contributed by atoms with Gasteiger partial charge in [0.2, 0.25) is 5.91 Å². The van der Waals surface area contributed by atoms with Gasteiger partial charge in [0.1, 0.15) is 0 Å². The van der Waals surface area contributed by atoms with E-state index in [1.807, 2.05) is 37.6 Å². The number of nitrogens with zero attached hydrogens (tertiary/aromatic N) is 4. The van der Waals surface area contributed by atoms with Crippen molar-refractivity contribution in [3.63, 3.8) is 0 Å². The molecule has 170 valence electrons. The molecule has 2 aromatic heterocycles. The Balaban J connectivity index is 1.27. The Bertz CT molecular complexity index is 1270. The summed E-state index contributed by atoms with van der Waals surface area (Å²) < 4.78 is 2.24. The van der Waals surface area contributed by atoms with Crippen molar-refractivity contribution in [3.8, 4) is 11.1 Å². The molecule has 0 aliphatic carbocycles. The van der Waals surface area contributed by atoms with E-state index in [1.54, 1.807) is 0 Å². The number of aromatic amines is 1. The Labute approximate surface area is 194 Å². The van der Waals surface area contributed by atoms with Gasteiger partial charge in [-0.25, -0.2) is 4.98 Å². The zero-order valence-electron chi connectivity index (χ0n) is 19.6. The van der Waals surface area contributed by atoms with Crippen LogP contribution in [0.15, 0.2) is 61.1 Å². The number of likely N-dealkylation sites (tertiary alicyclic amines) is 1. The van der Waals surface area contributed by atoms with Gasteiger partial charge in [0, 0.05) is 36.3 Å². The molecule has 0 radical (unpaired) electrons. The number of hydrogen-bond acceptors (Lipinski definition) is 3. The van der Waals surface area contributed by atoms with E-state index >= 15 is 0 Å². The Hall–Kier alpha value is -3.41. The molecule has 1 amide bonds. The van der Waals surface area contributed by atoms with Gasteiger partial charge in [-0.15, -0.1) is 0 Å². The maximum Gasteiger partial charge on any atom is 0.223 e. The zero-order chi connectivity index (χ0) is 23.0. The summed E-state index contributed by atoms with van der Waals surface area (Å²) in [5.41, 5.74) is 6.49. The first-order chi connectivity index (χ1) is 15.9. The Morgan fingerprint density at radius 3 is 2.76 bits per heavy atom. The average Bonchev–Trinajstić information content (AvgIpc) is 3.49. The van der Waals surface area contributed by atoms with Crippen LogP contribution in [0.2, 0.25) is 0 Å². The maximum atomic E-state index is 13.1. The van der Waals surface area contributed by atoms with Crippen molar-refractivity contribution < 1.29 is 4.79 Å². The first-order valence-electron chi connectivity index (χ1n) is 11.7. The fraction of sp³-hybridized carbons (Fsp3) is 0.370. The first kappa shape index (κ1) is 21.4. The SMILES string of the molecule is Cc1[nH]ncc1-c1ccc2c(c1)ncn2CC1CN(C(=O)CCc2ccccc2)C(C)(C)C1. The lowest BCUT2D eigenvalue weighted by atomic mass is 9.96. The van der Waals surface area contributed by atoms with Crippen molar-refractivity contribution in [2.24, 2.45) is 5.92 Å². The minimum Gasteiger partial charge on any atom is -0.337 e. The van der Waals surface area contributed by atoms with E-state index in [4.69, 9.17) is 0 Å². The smallest absolute Gasteiger partial charge is 0.223 e. The highest BCUT2D eigenvalue weighted by Crippen LogP contribution is 2.35. The molecule has 0 bridgehead atoms. The van der Waals surface area contributed by atoms with Crippen molar-refractivity contribution >= 4 is 16.9 Å². The summed E-state index contributed by atoms with van der Waals surface area (Å²) in [5, 5.41) is 7.13. The molecule has 1 atom stereocenters. The summed E-state index contributed by atoms with van der Waals surface area (Å²) in [4.78, 5) is 19.8. The molecule has 5 rings (SSSR count). The van der Waals surface area contributed by atoms with Gasteiger partial charge in [0.25, 0.3) is 0 Å². The molecule has 1 N–H and O–H groups in total. The first-order valence-corrected chi connectivity index (χ1v) is 11.7. The predicted molar refractivity (Wildman–Crippen MR) is 131 cm³/mol. The third-order valence-electron chi connectivity index (χ3n) is 6.95. The molecular formula is C27H31N5O.